The number of rotatable bonds is 11. The molecule has 1 aliphatic rings. The van der Waals surface area contributed by atoms with E-state index in [1.807, 2.05) is 11.0 Å². The quantitative estimate of drug-likeness (QED) is 0.450. The molecule has 0 amide bonds. The van der Waals surface area contributed by atoms with Crippen molar-refractivity contribution in [1.82, 2.24) is 4.90 Å². The molecular formula is C23H26F2N2O3. The third-order valence-corrected chi connectivity index (χ3v) is 4.68. The van der Waals surface area contributed by atoms with Crippen molar-refractivity contribution in [1.29, 1.82) is 0 Å². The molecule has 30 heavy (non-hydrogen) atoms. The topological polar surface area (TPSA) is 54.3 Å². The fourth-order valence-corrected chi connectivity index (χ4v) is 3.36. The van der Waals surface area contributed by atoms with Gasteiger partial charge in [-0.25, -0.2) is 8.78 Å². The lowest BCUT2D eigenvalue weighted by atomic mass is 10.0. The molecule has 0 bridgehead atoms. The lowest BCUT2D eigenvalue weighted by Crippen LogP contribution is -2.39. The fourth-order valence-electron chi connectivity index (χ4n) is 3.36. The molecule has 2 aromatic carbocycles. The first-order chi connectivity index (χ1) is 14.5. The van der Waals surface area contributed by atoms with Gasteiger partial charge in [0.1, 0.15) is 17.7 Å². The van der Waals surface area contributed by atoms with Gasteiger partial charge >= 0.3 is 0 Å². The predicted molar refractivity (Wildman–Crippen MR) is 111 cm³/mol. The van der Waals surface area contributed by atoms with Crippen LogP contribution < -0.4 is 0 Å². The molecule has 2 atom stereocenters. The molecule has 0 fully saturated rings. The molecule has 3 rings (SSSR count). The fraction of sp³-hybridized carbons (Fsp3) is 0.348. The number of oxime groups is 1. The molecule has 1 heterocycles. The highest BCUT2D eigenvalue weighted by molar-refractivity contribution is 6.01. The van der Waals surface area contributed by atoms with Crippen LogP contribution in [-0.2, 0) is 16.1 Å². The van der Waals surface area contributed by atoms with Gasteiger partial charge in [-0.05, 0) is 35.4 Å². The zero-order valence-electron chi connectivity index (χ0n) is 16.7. The molecule has 160 valence electrons. The van der Waals surface area contributed by atoms with E-state index in [-0.39, 0.29) is 24.3 Å². The maximum Gasteiger partial charge on any atom is 0.145 e. The minimum Gasteiger partial charge on any atom is -0.390 e. The van der Waals surface area contributed by atoms with Gasteiger partial charge in [-0.15, -0.1) is 6.58 Å². The molecule has 2 aromatic rings. The Morgan fingerprint density at radius 3 is 2.77 bits per heavy atom. The van der Waals surface area contributed by atoms with Crippen LogP contribution in [0.2, 0.25) is 0 Å². The molecule has 0 saturated heterocycles. The van der Waals surface area contributed by atoms with Crippen molar-refractivity contribution in [2.75, 3.05) is 26.3 Å². The van der Waals surface area contributed by atoms with E-state index in [9.17, 15) is 13.9 Å². The minimum absolute atomic E-state index is 0.175. The second-order valence-corrected chi connectivity index (χ2v) is 7.28. The normalized spacial score (nSPS) is 16.9. The average molecular weight is 416 g/mol. The molecule has 7 heteroatoms. The smallest absolute Gasteiger partial charge is 0.145 e. The van der Waals surface area contributed by atoms with Crippen molar-refractivity contribution in [2.24, 2.45) is 5.16 Å². The number of benzene rings is 2. The van der Waals surface area contributed by atoms with Crippen LogP contribution in [0.5, 0.6) is 0 Å². The van der Waals surface area contributed by atoms with Crippen LogP contribution in [0.3, 0.4) is 0 Å². The van der Waals surface area contributed by atoms with Gasteiger partial charge in [0.2, 0.25) is 0 Å². The van der Waals surface area contributed by atoms with Gasteiger partial charge < -0.3 is 14.7 Å². The Kier molecular flexibility index (Phi) is 8.07. The van der Waals surface area contributed by atoms with Gasteiger partial charge in [-0.2, -0.15) is 0 Å². The van der Waals surface area contributed by atoms with E-state index >= 15 is 0 Å². The van der Waals surface area contributed by atoms with Gasteiger partial charge in [-0.3, -0.25) is 4.90 Å². The van der Waals surface area contributed by atoms with Crippen molar-refractivity contribution < 1.29 is 23.5 Å². The Bertz CT molecular complexity index is 858. The summed E-state index contributed by atoms with van der Waals surface area (Å²) in [5.41, 5.74) is 2.36. The summed E-state index contributed by atoms with van der Waals surface area (Å²) >= 11 is 0. The monoisotopic (exact) mass is 416 g/mol. The van der Waals surface area contributed by atoms with Gasteiger partial charge in [0.25, 0.3) is 0 Å². The van der Waals surface area contributed by atoms with E-state index in [2.05, 4.69) is 11.7 Å². The number of aliphatic hydroxyl groups is 1. The molecule has 1 N–H and O–H groups in total. The van der Waals surface area contributed by atoms with Crippen LogP contribution in [0.4, 0.5) is 8.78 Å². The lowest BCUT2D eigenvalue weighted by Gasteiger charge is -2.27. The Morgan fingerprint density at radius 2 is 2.03 bits per heavy atom. The van der Waals surface area contributed by atoms with Crippen LogP contribution in [0, 0.1) is 11.6 Å². The zero-order valence-corrected chi connectivity index (χ0v) is 16.7. The highest BCUT2D eigenvalue weighted by Crippen LogP contribution is 2.19. The molecule has 1 aliphatic heterocycles. The maximum absolute atomic E-state index is 13.6. The van der Waals surface area contributed by atoms with E-state index < -0.39 is 6.10 Å². The van der Waals surface area contributed by atoms with Crippen molar-refractivity contribution in [2.45, 2.75) is 25.2 Å². The van der Waals surface area contributed by atoms with Crippen molar-refractivity contribution >= 4 is 5.71 Å². The van der Waals surface area contributed by atoms with E-state index in [1.54, 1.807) is 24.3 Å². The standard InChI is InChI=1S/C23H26F2N2O3/c1-2-10-29-16-21(28)14-27(13-17-4-3-5-20(25)11-17)15-22-12-23(26-30-22)18-6-8-19(24)9-7-18/h2-9,11,21-22,28H,1,10,12-16H2/t21-,22+/m1/s1. The minimum atomic E-state index is -0.711. The summed E-state index contributed by atoms with van der Waals surface area (Å²) < 4.78 is 32.1. The number of ether oxygens (including phenoxy) is 1. The summed E-state index contributed by atoms with van der Waals surface area (Å²) in [6.07, 6.45) is 1.25. The van der Waals surface area contributed by atoms with Crippen LogP contribution in [0.15, 0.2) is 66.3 Å². The predicted octanol–water partition coefficient (Wildman–Crippen LogP) is 3.52. The van der Waals surface area contributed by atoms with Crippen LogP contribution in [0.1, 0.15) is 17.5 Å². The Hall–Kier alpha value is -2.61. The molecule has 0 aromatic heterocycles. The highest BCUT2D eigenvalue weighted by atomic mass is 19.1. The third kappa shape index (κ3) is 6.73. The summed E-state index contributed by atoms with van der Waals surface area (Å²) in [4.78, 5) is 7.57. The number of hydrogen-bond acceptors (Lipinski definition) is 5. The van der Waals surface area contributed by atoms with Crippen LogP contribution in [0.25, 0.3) is 0 Å². The van der Waals surface area contributed by atoms with E-state index in [0.29, 0.717) is 32.7 Å². The first kappa shape index (κ1) is 22.1. The first-order valence-electron chi connectivity index (χ1n) is 9.85. The highest BCUT2D eigenvalue weighted by Gasteiger charge is 2.26. The van der Waals surface area contributed by atoms with E-state index in [4.69, 9.17) is 9.57 Å². The first-order valence-corrected chi connectivity index (χ1v) is 9.85. The number of halogens is 2. The van der Waals surface area contributed by atoms with Gasteiger partial charge in [0.15, 0.2) is 0 Å². The van der Waals surface area contributed by atoms with E-state index in [0.717, 1.165) is 16.8 Å². The Balaban J connectivity index is 1.61. The Morgan fingerprint density at radius 1 is 1.23 bits per heavy atom. The van der Waals surface area contributed by atoms with Crippen molar-refractivity contribution in [3.05, 3.63) is 83.9 Å². The van der Waals surface area contributed by atoms with Gasteiger partial charge in [-0.1, -0.05) is 35.5 Å². The second kappa shape index (κ2) is 11.0. The summed E-state index contributed by atoms with van der Waals surface area (Å²) in [5.74, 6) is -0.606. The van der Waals surface area contributed by atoms with Gasteiger partial charge in [0, 0.05) is 26.1 Å². The summed E-state index contributed by atoms with van der Waals surface area (Å²) in [6, 6.07) is 12.5. The average Bonchev–Trinajstić information content (AvgIpc) is 3.17. The molecule has 0 saturated carbocycles. The third-order valence-electron chi connectivity index (χ3n) is 4.68. The van der Waals surface area contributed by atoms with Crippen LogP contribution >= 0.6 is 0 Å². The van der Waals surface area contributed by atoms with Gasteiger partial charge in [0.05, 0.1) is 25.0 Å². The molecule has 0 radical (unpaired) electrons. The van der Waals surface area contributed by atoms with E-state index in [1.165, 1.54) is 24.3 Å². The Labute approximate surface area is 175 Å². The van der Waals surface area contributed by atoms with Crippen LogP contribution in [-0.4, -0.2) is 54.2 Å². The summed E-state index contributed by atoms with van der Waals surface area (Å²) in [6.45, 7) is 5.39. The molecule has 0 aliphatic carbocycles. The van der Waals surface area contributed by atoms with Crippen molar-refractivity contribution in [3.8, 4) is 0 Å². The summed E-state index contributed by atoms with van der Waals surface area (Å²) in [7, 11) is 0. The SMILES string of the molecule is C=CCOC[C@H](O)CN(Cc1cccc(F)c1)C[C@@H]1CC(c2ccc(F)cc2)=NO1. The molecule has 5 nitrogen and oxygen atoms in total. The van der Waals surface area contributed by atoms with Crippen molar-refractivity contribution in [3.63, 3.8) is 0 Å². The largest absolute Gasteiger partial charge is 0.390 e. The number of hydrogen-bond donors (Lipinski definition) is 1. The molecule has 0 spiro atoms. The number of aliphatic hydroxyl groups excluding tert-OH is 1. The number of nitrogens with zero attached hydrogens (tertiary/aromatic N) is 2. The lowest BCUT2D eigenvalue weighted by molar-refractivity contribution is 0.00334. The zero-order chi connectivity index (χ0) is 21.3. The second-order valence-electron chi connectivity index (χ2n) is 7.28. The summed E-state index contributed by atoms with van der Waals surface area (Å²) in [5, 5.41) is 14.5. The maximum atomic E-state index is 13.6. The molecule has 0 unspecified atom stereocenters. The molecular weight excluding hydrogens is 390 g/mol.